The first kappa shape index (κ1) is 12.8. The van der Waals surface area contributed by atoms with Gasteiger partial charge in [-0.15, -0.1) is 11.3 Å². The Morgan fingerprint density at radius 3 is 3.00 bits per heavy atom. The molecular weight excluding hydrogens is 234 g/mol. The zero-order valence-corrected chi connectivity index (χ0v) is 11.3. The van der Waals surface area contributed by atoms with Crippen molar-refractivity contribution in [3.8, 4) is 0 Å². The van der Waals surface area contributed by atoms with Gasteiger partial charge in [0, 0.05) is 30.7 Å². The fourth-order valence-corrected chi connectivity index (χ4v) is 3.20. The third kappa shape index (κ3) is 3.66. The smallest absolute Gasteiger partial charge is 0.182 e. The van der Waals surface area contributed by atoms with Crippen LogP contribution in [-0.2, 0) is 6.54 Å². The Hall–Kier alpha value is -0.650. The number of thiazole rings is 1. The van der Waals surface area contributed by atoms with E-state index < -0.39 is 0 Å². The van der Waals surface area contributed by atoms with E-state index in [2.05, 4.69) is 29.2 Å². The normalized spacial score (nSPS) is 23.8. The number of hydrogen-bond acceptors (Lipinski definition) is 5. The van der Waals surface area contributed by atoms with E-state index in [4.69, 9.17) is 0 Å². The van der Waals surface area contributed by atoms with Gasteiger partial charge in [-0.2, -0.15) is 0 Å². The molecule has 5 heteroatoms. The lowest BCUT2D eigenvalue weighted by atomic mass is 9.82. The maximum absolute atomic E-state index is 9.25. The van der Waals surface area contributed by atoms with Crippen LogP contribution in [0.1, 0.15) is 24.6 Å². The van der Waals surface area contributed by atoms with Gasteiger partial charge in [0.25, 0.3) is 0 Å². The van der Waals surface area contributed by atoms with Crippen LogP contribution >= 0.6 is 11.3 Å². The Bertz CT molecular complexity index is 349. The summed E-state index contributed by atoms with van der Waals surface area (Å²) < 4.78 is 0. The van der Waals surface area contributed by atoms with E-state index >= 15 is 0 Å². The molecule has 0 radical (unpaired) electrons. The maximum Gasteiger partial charge on any atom is 0.182 e. The zero-order valence-electron chi connectivity index (χ0n) is 10.5. The highest BCUT2D eigenvalue weighted by atomic mass is 32.1. The van der Waals surface area contributed by atoms with Gasteiger partial charge in [0.05, 0.1) is 6.10 Å². The van der Waals surface area contributed by atoms with Crippen LogP contribution in [0, 0.1) is 5.92 Å². The summed E-state index contributed by atoms with van der Waals surface area (Å²) in [4.78, 5) is 7.94. The SMILES string of the molecule is CCNc1ncc(CN(C)CC2CC(O)C2)s1. The van der Waals surface area contributed by atoms with Gasteiger partial charge in [-0.1, -0.05) is 0 Å². The first-order chi connectivity index (χ1) is 8.17. The van der Waals surface area contributed by atoms with E-state index in [0.29, 0.717) is 5.92 Å². The van der Waals surface area contributed by atoms with Gasteiger partial charge < -0.3 is 15.3 Å². The Morgan fingerprint density at radius 1 is 1.59 bits per heavy atom. The molecule has 0 aromatic carbocycles. The summed E-state index contributed by atoms with van der Waals surface area (Å²) in [6.07, 6.45) is 3.84. The largest absolute Gasteiger partial charge is 0.393 e. The quantitative estimate of drug-likeness (QED) is 0.813. The molecule has 1 aliphatic rings. The number of nitrogens with one attached hydrogen (secondary N) is 1. The van der Waals surface area contributed by atoms with Crippen LogP contribution in [0.3, 0.4) is 0 Å². The van der Waals surface area contributed by atoms with Gasteiger partial charge in [-0.05, 0) is 32.7 Å². The highest BCUT2D eigenvalue weighted by Crippen LogP contribution is 2.28. The second-order valence-corrected chi connectivity index (χ2v) is 5.97. The molecule has 17 heavy (non-hydrogen) atoms. The lowest BCUT2D eigenvalue weighted by Gasteiger charge is -2.34. The summed E-state index contributed by atoms with van der Waals surface area (Å²) in [7, 11) is 2.14. The minimum absolute atomic E-state index is 0.0443. The molecule has 1 heterocycles. The highest BCUT2D eigenvalue weighted by molar-refractivity contribution is 7.15. The molecule has 96 valence electrons. The Labute approximate surface area is 107 Å². The Balaban J connectivity index is 1.75. The third-order valence-electron chi connectivity index (χ3n) is 3.09. The lowest BCUT2D eigenvalue weighted by molar-refractivity contribution is 0.0275. The third-order valence-corrected chi connectivity index (χ3v) is 4.03. The van der Waals surface area contributed by atoms with Crippen LogP contribution in [-0.4, -0.2) is 41.2 Å². The molecule has 0 bridgehead atoms. The van der Waals surface area contributed by atoms with Crippen molar-refractivity contribution in [2.24, 2.45) is 5.92 Å². The average molecular weight is 255 g/mol. The van der Waals surface area contributed by atoms with E-state index in [1.165, 1.54) is 4.88 Å². The standard InChI is InChI=1S/C12H21N3OS/c1-3-13-12-14-6-11(17-12)8-15(2)7-9-4-10(16)5-9/h6,9-10,16H,3-5,7-8H2,1-2H3,(H,13,14). The van der Waals surface area contributed by atoms with Gasteiger partial charge in [0.1, 0.15) is 0 Å². The summed E-state index contributed by atoms with van der Waals surface area (Å²) in [6.45, 7) is 5.03. The number of aliphatic hydroxyl groups is 1. The predicted molar refractivity (Wildman–Crippen MR) is 71.3 cm³/mol. The summed E-state index contributed by atoms with van der Waals surface area (Å²) in [5.41, 5.74) is 0. The van der Waals surface area contributed by atoms with Gasteiger partial charge in [0.15, 0.2) is 5.13 Å². The number of nitrogens with zero attached hydrogens (tertiary/aromatic N) is 2. The van der Waals surface area contributed by atoms with Crippen molar-refractivity contribution in [1.82, 2.24) is 9.88 Å². The van der Waals surface area contributed by atoms with Gasteiger partial charge >= 0.3 is 0 Å². The molecule has 0 atom stereocenters. The van der Waals surface area contributed by atoms with E-state index in [9.17, 15) is 5.11 Å². The number of anilines is 1. The molecule has 0 saturated heterocycles. The minimum Gasteiger partial charge on any atom is -0.393 e. The molecule has 1 aromatic rings. The van der Waals surface area contributed by atoms with Gasteiger partial charge in [-0.3, -0.25) is 0 Å². The molecule has 1 aliphatic carbocycles. The maximum atomic E-state index is 9.25. The number of hydrogen-bond donors (Lipinski definition) is 2. The second-order valence-electron chi connectivity index (χ2n) is 4.85. The van der Waals surface area contributed by atoms with Crippen LogP contribution in [0.2, 0.25) is 0 Å². The minimum atomic E-state index is -0.0443. The van der Waals surface area contributed by atoms with Crippen molar-refractivity contribution in [2.75, 3.05) is 25.5 Å². The fourth-order valence-electron chi connectivity index (χ4n) is 2.23. The molecule has 0 amide bonds. The van der Waals surface area contributed by atoms with E-state index in [1.807, 2.05) is 6.20 Å². The van der Waals surface area contributed by atoms with Gasteiger partial charge in [-0.25, -0.2) is 4.98 Å². The number of rotatable bonds is 6. The molecule has 0 spiro atoms. The van der Waals surface area contributed by atoms with Crippen LogP contribution in [0.15, 0.2) is 6.20 Å². The Morgan fingerprint density at radius 2 is 2.35 bits per heavy atom. The van der Waals surface area contributed by atoms with Crippen LogP contribution in [0.25, 0.3) is 0 Å². The molecule has 0 unspecified atom stereocenters. The zero-order chi connectivity index (χ0) is 12.3. The number of aromatic nitrogens is 1. The van der Waals surface area contributed by atoms with Crippen molar-refractivity contribution < 1.29 is 5.11 Å². The van der Waals surface area contributed by atoms with Crippen molar-refractivity contribution in [3.63, 3.8) is 0 Å². The van der Waals surface area contributed by atoms with E-state index in [0.717, 1.165) is 37.6 Å². The molecule has 1 fully saturated rings. The molecular formula is C12H21N3OS. The highest BCUT2D eigenvalue weighted by Gasteiger charge is 2.27. The van der Waals surface area contributed by atoms with Crippen LogP contribution in [0.4, 0.5) is 5.13 Å². The number of aliphatic hydroxyl groups excluding tert-OH is 1. The van der Waals surface area contributed by atoms with Crippen LogP contribution < -0.4 is 5.32 Å². The van der Waals surface area contributed by atoms with Crippen molar-refractivity contribution >= 4 is 16.5 Å². The first-order valence-corrected chi connectivity index (χ1v) is 7.04. The fraction of sp³-hybridized carbons (Fsp3) is 0.750. The van der Waals surface area contributed by atoms with Crippen LogP contribution in [0.5, 0.6) is 0 Å². The molecule has 2 rings (SSSR count). The summed E-state index contributed by atoms with van der Waals surface area (Å²) >= 11 is 1.73. The van der Waals surface area contributed by atoms with Crippen molar-refractivity contribution in [1.29, 1.82) is 0 Å². The molecule has 1 saturated carbocycles. The molecule has 4 nitrogen and oxygen atoms in total. The van der Waals surface area contributed by atoms with Crippen molar-refractivity contribution in [3.05, 3.63) is 11.1 Å². The van der Waals surface area contributed by atoms with E-state index in [-0.39, 0.29) is 6.10 Å². The molecule has 2 N–H and O–H groups in total. The van der Waals surface area contributed by atoms with Crippen molar-refractivity contribution in [2.45, 2.75) is 32.4 Å². The Kier molecular flexibility index (Phi) is 4.36. The van der Waals surface area contributed by atoms with Gasteiger partial charge in [0.2, 0.25) is 0 Å². The lowest BCUT2D eigenvalue weighted by Crippen LogP contribution is -2.36. The average Bonchev–Trinajstić information content (AvgIpc) is 2.64. The summed E-state index contributed by atoms with van der Waals surface area (Å²) in [5, 5.41) is 13.5. The predicted octanol–water partition coefficient (Wildman–Crippen LogP) is 1.78. The van der Waals surface area contributed by atoms with E-state index in [1.54, 1.807) is 11.3 Å². The summed E-state index contributed by atoms with van der Waals surface area (Å²) in [5.74, 6) is 0.677. The molecule has 0 aliphatic heterocycles. The molecule has 1 aromatic heterocycles. The topological polar surface area (TPSA) is 48.4 Å². The summed E-state index contributed by atoms with van der Waals surface area (Å²) in [6, 6.07) is 0. The first-order valence-electron chi connectivity index (χ1n) is 6.22. The monoisotopic (exact) mass is 255 g/mol. The second kappa shape index (κ2) is 5.80.